The fourth-order valence-corrected chi connectivity index (χ4v) is 3.84. The molecule has 1 aliphatic carbocycles. The molecule has 1 fully saturated rings. The summed E-state index contributed by atoms with van der Waals surface area (Å²) in [6.45, 7) is 16.5. The summed E-state index contributed by atoms with van der Waals surface area (Å²) >= 11 is 0. The van der Waals surface area contributed by atoms with Gasteiger partial charge in [0.1, 0.15) is 6.61 Å². The minimum Gasteiger partial charge on any atom is -0.478 e. The minimum absolute atomic E-state index is 0.0488. The third-order valence-electron chi connectivity index (χ3n) is 5.77. The third-order valence-corrected chi connectivity index (χ3v) is 5.77. The highest BCUT2D eigenvalue weighted by Crippen LogP contribution is 2.48. The molecule has 0 unspecified atom stereocenters. The van der Waals surface area contributed by atoms with Gasteiger partial charge < -0.3 is 9.84 Å². The number of carboxylic acid groups (broad SMARTS) is 1. The van der Waals surface area contributed by atoms with Crippen molar-refractivity contribution in [2.45, 2.75) is 33.1 Å². The van der Waals surface area contributed by atoms with Crippen LogP contribution in [0, 0.1) is 17.3 Å². The van der Waals surface area contributed by atoms with Crippen molar-refractivity contribution < 1.29 is 19.4 Å². The van der Waals surface area contributed by atoms with E-state index in [1.165, 1.54) is 12.1 Å². The second-order valence-electron chi connectivity index (χ2n) is 7.67. The molecule has 0 saturated heterocycles. The summed E-state index contributed by atoms with van der Waals surface area (Å²) in [5.41, 5.74) is 1.86. The van der Waals surface area contributed by atoms with Gasteiger partial charge in [0.25, 0.3) is 0 Å². The van der Waals surface area contributed by atoms with E-state index in [0.717, 1.165) is 30.4 Å². The Bertz CT molecular complexity index is 776. The second kappa shape index (κ2) is 8.38. The van der Waals surface area contributed by atoms with Crippen molar-refractivity contribution in [2.24, 2.45) is 17.3 Å². The van der Waals surface area contributed by atoms with Gasteiger partial charge >= 0.3 is 11.9 Å². The van der Waals surface area contributed by atoms with E-state index in [4.69, 9.17) is 4.74 Å². The maximum absolute atomic E-state index is 12.4. The molecule has 2 rings (SSSR count). The zero-order valence-corrected chi connectivity index (χ0v) is 16.2. The molecule has 0 aliphatic heterocycles. The van der Waals surface area contributed by atoms with Crippen molar-refractivity contribution in [3.05, 3.63) is 72.4 Å². The lowest BCUT2D eigenvalue weighted by molar-refractivity contribution is 0.0498. The van der Waals surface area contributed by atoms with Gasteiger partial charge in [-0.3, -0.25) is 0 Å². The Labute approximate surface area is 161 Å². The summed E-state index contributed by atoms with van der Waals surface area (Å²) < 4.78 is 5.41. The van der Waals surface area contributed by atoms with Crippen LogP contribution in [-0.4, -0.2) is 23.7 Å². The normalized spacial score (nSPS) is 24.7. The first-order chi connectivity index (χ1) is 12.7. The molecule has 1 aromatic rings. The molecule has 0 aromatic heterocycles. The molecule has 1 aliphatic rings. The smallest absolute Gasteiger partial charge is 0.339 e. The molecule has 3 atom stereocenters. The van der Waals surface area contributed by atoms with Crippen LogP contribution in [0.4, 0.5) is 0 Å². The van der Waals surface area contributed by atoms with Gasteiger partial charge in [0.15, 0.2) is 0 Å². The monoisotopic (exact) mass is 368 g/mol. The van der Waals surface area contributed by atoms with Crippen molar-refractivity contribution in [3.8, 4) is 0 Å². The summed E-state index contributed by atoms with van der Waals surface area (Å²) in [6, 6.07) is 6.04. The van der Waals surface area contributed by atoms with E-state index in [1.807, 2.05) is 13.0 Å². The molecule has 4 nitrogen and oxygen atoms in total. The average molecular weight is 368 g/mol. The number of rotatable bonds is 7. The van der Waals surface area contributed by atoms with E-state index in [0.29, 0.717) is 5.92 Å². The number of ether oxygens (including phenoxy) is 1. The van der Waals surface area contributed by atoms with Gasteiger partial charge in [-0.25, -0.2) is 9.59 Å². The molecular formula is C23H28O4. The molecule has 27 heavy (non-hydrogen) atoms. The lowest BCUT2D eigenvalue weighted by Gasteiger charge is -2.44. The van der Waals surface area contributed by atoms with E-state index in [2.05, 4.69) is 26.7 Å². The van der Waals surface area contributed by atoms with Crippen LogP contribution < -0.4 is 0 Å². The number of allylic oxidation sites excluding steroid dienone is 2. The van der Waals surface area contributed by atoms with Crippen molar-refractivity contribution in [3.63, 3.8) is 0 Å². The summed E-state index contributed by atoms with van der Waals surface area (Å²) in [7, 11) is 0. The zero-order valence-electron chi connectivity index (χ0n) is 16.2. The Kier molecular flexibility index (Phi) is 6.42. The van der Waals surface area contributed by atoms with E-state index < -0.39 is 11.9 Å². The Balaban J connectivity index is 2.11. The summed E-state index contributed by atoms with van der Waals surface area (Å²) in [4.78, 5) is 23.7. The van der Waals surface area contributed by atoms with Gasteiger partial charge in [0.2, 0.25) is 0 Å². The lowest BCUT2D eigenvalue weighted by atomic mass is 9.61. The maximum Gasteiger partial charge on any atom is 0.339 e. The van der Waals surface area contributed by atoms with Gasteiger partial charge in [-0.1, -0.05) is 43.9 Å². The molecule has 0 bridgehead atoms. The van der Waals surface area contributed by atoms with Crippen molar-refractivity contribution >= 4 is 11.9 Å². The van der Waals surface area contributed by atoms with Crippen LogP contribution in [0.15, 0.2) is 61.2 Å². The third kappa shape index (κ3) is 4.57. The van der Waals surface area contributed by atoms with E-state index in [-0.39, 0.29) is 29.1 Å². The predicted octanol–water partition coefficient (Wildman–Crippen LogP) is 5.28. The van der Waals surface area contributed by atoms with Gasteiger partial charge in [-0.05, 0) is 61.1 Å². The fraction of sp³-hybridized carbons (Fsp3) is 0.391. The van der Waals surface area contributed by atoms with Crippen LogP contribution >= 0.6 is 0 Å². The van der Waals surface area contributed by atoms with Crippen LogP contribution in [0.3, 0.4) is 0 Å². The molecular weight excluding hydrogens is 340 g/mol. The molecule has 144 valence electrons. The Morgan fingerprint density at radius 2 is 1.93 bits per heavy atom. The molecule has 4 heteroatoms. The summed E-state index contributed by atoms with van der Waals surface area (Å²) in [6.07, 6.45) is 4.92. The number of esters is 1. The van der Waals surface area contributed by atoms with Gasteiger partial charge in [-0.15, -0.1) is 6.58 Å². The number of benzene rings is 1. The molecule has 0 amide bonds. The number of carbonyl (C=O) groups excluding carboxylic acids is 1. The Hall–Kier alpha value is -2.62. The van der Waals surface area contributed by atoms with Crippen molar-refractivity contribution in [1.82, 2.24) is 0 Å². The highest BCUT2D eigenvalue weighted by Gasteiger charge is 2.39. The van der Waals surface area contributed by atoms with Crippen LogP contribution in [-0.2, 0) is 4.74 Å². The largest absolute Gasteiger partial charge is 0.478 e. The van der Waals surface area contributed by atoms with Crippen molar-refractivity contribution in [2.75, 3.05) is 6.61 Å². The average Bonchev–Trinajstić information content (AvgIpc) is 2.65. The van der Waals surface area contributed by atoms with Gasteiger partial charge in [0.05, 0.1) is 11.1 Å². The number of aromatic carboxylic acids is 1. The van der Waals surface area contributed by atoms with E-state index >= 15 is 0 Å². The number of carboxylic acids is 1. The second-order valence-corrected chi connectivity index (χ2v) is 7.67. The predicted molar refractivity (Wildman–Crippen MR) is 107 cm³/mol. The standard InChI is InChI=1S/C23H28O4/c1-6-23(5)12-11-17(15(2)3)13-20(23)16(4)14-27-22(26)19-10-8-7-9-18(19)21(24)25/h6-10,17,20H,1-2,4,11-14H2,3,5H3,(H,24,25)/t17-,20+,23-/m1/s1. The van der Waals surface area contributed by atoms with Crippen LogP contribution in [0.5, 0.6) is 0 Å². The van der Waals surface area contributed by atoms with E-state index in [1.54, 1.807) is 12.1 Å². The zero-order chi connectivity index (χ0) is 20.2. The number of hydrogen-bond acceptors (Lipinski definition) is 3. The van der Waals surface area contributed by atoms with Crippen molar-refractivity contribution in [1.29, 1.82) is 0 Å². The van der Waals surface area contributed by atoms with Crippen LogP contribution in [0.2, 0.25) is 0 Å². The fourth-order valence-electron chi connectivity index (χ4n) is 3.84. The first-order valence-electron chi connectivity index (χ1n) is 9.15. The molecule has 0 radical (unpaired) electrons. The molecule has 0 spiro atoms. The first kappa shape index (κ1) is 20.7. The van der Waals surface area contributed by atoms with Crippen LogP contribution in [0.1, 0.15) is 53.8 Å². The number of hydrogen-bond donors (Lipinski definition) is 1. The van der Waals surface area contributed by atoms with Gasteiger partial charge in [0, 0.05) is 0 Å². The molecule has 1 saturated carbocycles. The highest BCUT2D eigenvalue weighted by molar-refractivity contribution is 6.02. The summed E-state index contributed by atoms with van der Waals surface area (Å²) in [5, 5.41) is 9.23. The maximum atomic E-state index is 12.4. The Morgan fingerprint density at radius 3 is 2.48 bits per heavy atom. The topological polar surface area (TPSA) is 63.6 Å². The van der Waals surface area contributed by atoms with Crippen LogP contribution in [0.25, 0.3) is 0 Å². The quantitative estimate of drug-likeness (QED) is 0.525. The first-order valence-corrected chi connectivity index (χ1v) is 9.15. The molecule has 1 aromatic carbocycles. The SMILES string of the molecule is C=C[C@]1(C)CC[C@@H](C(=C)C)C[C@H]1C(=C)COC(=O)c1ccccc1C(=O)O. The highest BCUT2D eigenvalue weighted by atomic mass is 16.5. The summed E-state index contributed by atoms with van der Waals surface area (Å²) in [5.74, 6) is -1.25. The minimum atomic E-state index is -1.16. The van der Waals surface area contributed by atoms with Gasteiger partial charge in [-0.2, -0.15) is 0 Å². The molecule has 0 heterocycles. The van der Waals surface area contributed by atoms with E-state index in [9.17, 15) is 14.7 Å². The number of carbonyl (C=O) groups is 2. The molecule has 1 N–H and O–H groups in total. The lowest BCUT2D eigenvalue weighted by Crippen LogP contribution is -2.35. The Morgan fingerprint density at radius 1 is 1.30 bits per heavy atom.